The Labute approximate surface area is 154 Å². The maximum absolute atomic E-state index is 11.8. The van der Waals surface area contributed by atoms with Gasteiger partial charge in [0, 0.05) is 16.7 Å². The zero-order chi connectivity index (χ0) is 17.2. The smallest absolute Gasteiger partial charge is 0.234 e. The highest BCUT2D eigenvalue weighted by Gasteiger charge is 2.06. The lowest BCUT2D eigenvalue weighted by Crippen LogP contribution is -2.28. The average molecular weight is 407 g/mol. The van der Waals surface area contributed by atoms with Crippen LogP contribution in [0.4, 0.5) is 5.69 Å². The summed E-state index contributed by atoms with van der Waals surface area (Å²) in [6, 6.07) is 17.4. The first-order chi connectivity index (χ1) is 11.6. The summed E-state index contributed by atoms with van der Waals surface area (Å²) in [6.45, 7) is 0.606. The highest BCUT2D eigenvalue weighted by molar-refractivity contribution is 9.10. The summed E-state index contributed by atoms with van der Waals surface area (Å²) >= 11 is 4.65. The summed E-state index contributed by atoms with van der Waals surface area (Å²) in [7, 11) is 0. The van der Waals surface area contributed by atoms with Crippen LogP contribution in [0.5, 0.6) is 0 Å². The molecule has 2 amide bonds. The molecule has 126 valence electrons. The fourth-order valence-corrected chi connectivity index (χ4v) is 2.92. The highest BCUT2D eigenvalue weighted by atomic mass is 79.9. The molecule has 0 saturated heterocycles. The molecule has 0 spiro atoms. The van der Waals surface area contributed by atoms with Gasteiger partial charge in [-0.3, -0.25) is 9.59 Å². The molecular weight excluding hydrogens is 388 g/mol. The molecule has 0 aromatic heterocycles. The number of nitrogens with one attached hydrogen (secondary N) is 2. The minimum atomic E-state index is -0.112. The van der Waals surface area contributed by atoms with E-state index in [1.54, 1.807) is 0 Å². The molecule has 2 aromatic rings. The quantitative estimate of drug-likeness (QED) is 0.705. The van der Waals surface area contributed by atoms with Crippen LogP contribution in [0, 0.1) is 0 Å². The summed E-state index contributed by atoms with van der Waals surface area (Å²) in [5.74, 6) is 0.372. The van der Waals surface area contributed by atoms with E-state index in [4.69, 9.17) is 0 Å². The van der Waals surface area contributed by atoms with Crippen molar-refractivity contribution in [3.05, 3.63) is 64.6 Å². The first kappa shape index (κ1) is 18.5. The van der Waals surface area contributed by atoms with Gasteiger partial charge >= 0.3 is 0 Å². The van der Waals surface area contributed by atoms with Crippen LogP contribution in [0.15, 0.2) is 59.1 Å². The number of carbonyl (C=O) groups excluding carboxylic acids is 2. The van der Waals surface area contributed by atoms with Crippen molar-refractivity contribution in [3.8, 4) is 0 Å². The van der Waals surface area contributed by atoms with Gasteiger partial charge in [0.25, 0.3) is 0 Å². The Kier molecular flexibility index (Phi) is 7.85. The molecule has 4 nitrogen and oxygen atoms in total. The van der Waals surface area contributed by atoms with E-state index in [9.17, 15) is 9.59 Å². The molecule has 2 N–H and O–H groups in total. The second-order valence-electron chi connectivity index (χ2n) is 5.13. The number of thioether (sulfide) groups is 1. The van der Waals surface area contributed by atoms with Crippen LogP contribution in [-0.4, -0.2) is 29.9 Å². The summed E-state index contributed by atoms with van der Waals surface area (Å²) < 4.78 is 0.960. The number of benzene rings is 2. The molecule has 0 aliphatic heterocycles. The van der Waals surface area contributed by atoms with Crippen molar-refractivity contribution in [1.82, 2.24) is 5.32 Å². The monoisotopic (exact) mass is 406 g/mol. The lowest BCUT2D eigenvalue weighted by molar-refractivity contribution is -0.118. The summed E-state index contributed by atoms with van der Waals surface area (Å²) in [5, 5.41) is 5.66. The lowest BCUT2D eigenvalue weighted by atomic mass is 10.1. The second kappa shape index (κ2) is 10.2. The van der Waals surface area contributed by atoms with Gasteiger partial charge in [-0.2, -0.15) is 0 Å². The highest BCUT2D eigenvalue weighted by Crippen LogP contribution is 2.14. The molecule has 6 heteroatoms. The fraction of sp³-hybridized carbons (Fsp3) is 0.222. The zero-order valence-electron chi connectivity index (χ0n) is 13.1. The predicted molar refractivity (Wildman–Crippen MR) is 103 cm³/mol. The van der Waals surface area contributed by atoms with Crippen molar-refractivity contribution < 1.29 is 9.59 Å². The summed E-state index contributed by atoms with van der Waals surface area (Å²) in [5.41, 5.74) is 1.94. The Morgan fingerprint density at radius 2 is 1.58 bits per heavy atom. The predicted octanol–water partition coefficient (Wildman–Crippen LogP) is 3.48. The van der Waals surface area contributed by atoms with Crippen LogP contribution < -0.4 is 10.6 Å². The minimum absolute atomic E-state index is 0.0487. The number of hydrogen-bond acceptors (Lipinski definition) is 3. The third-order valence-corrected chi connectivity index (χ3v) is 4.63. The Hall–Kier alpha value is -1.79. The number of halogens is 1. The molecule has 0 aliphatic rings. The van der Waals surface area contributed by atoms with Crippen molar-refractivity contribution in [2.45, 2.75) is 6.42 Å². The van der Waals surface area contributed by atoms with Crippen molar-refractivity contribution >= 4 is 45.2 Å². The SMILES string of the molecule is O=C(CSCC(=O)Nc1ccc(Br)cc1)NCCc1ccccc1. The van der Waals surface area contributed by atoms with Gasteiger partial charge in [-0.05, 0) is 36.2 Å². The van der Waals surface area contributed by atoms with Gasteiger partial charge in [0.15, 0.2) is 0 Å². The molecule has 0 fully saturated rings. The number of amides is 2. The van der Waals surface area contributed by atoms with E-state index in [1.807, 2.05) is 54.6 Å². The van der Waals surface area contributed by atoms with Crippen molar-refractivity contribution in [2.75, 3.05) is 23.4 Å². The fourth-order valence-electron chi connectivity index (χ4n) is 2.01. The molecule has 0 radical (unpaired) electrons. The molecule has 0 unspecified atom stereocenters. The molecule has 0 aliphatic carbocycles. The van der Waals surface area contributed by atoms with Gasteiger partial charge in [0.05, 0.1) is 11.5 Å². The van der Waals surface area contributed by atoms with E-state index < -0.39 is 0 Å². The van der Waals surface area contributed by atoms with Crippen LogP contribution in [0.25, 0.3) is 0 Å². The molecule has 0 bridgehead atoms. The third-order valence-electron chi connectivity index (χ3n) is 3.17. The second-order valence-corrected chi connectivity index (χ2v) is 7.03. The van der Waals surface area contributed by atoms with Crippen LogP contribution in [0.1, 0.15) is 5.56 Å². The normalized spacial score (nSPS) is 10.2. The Balaban J connectivity index is 1.58. The Morgan fingerprint density at radius 3 is 2.29 bits per heavy atom. The standard InChI is InChI=1S/C18H19BrN2O2S/c19-15-6-8-16(9-7-15)21-18(23)13-24-12-17(22)20-11-10-14-4-2-1-3-5-14/h1-9H,10-13H2,(H,20,22)(H,21,23). The van der Waals surface area contributed by atoms with Crippen molar-refractivity contribution in [3.63, 3.8) is 0 Å². The molecule has 0 saturated carbocycles. The molecule has 24 heavy (non-hydrogen) atoms. The average Bonchev–Trinajstić information content (AvgIpc) is 2.58. The van der Waals surface area contributed by atoms with Gasteiger partial charge in [0.1, 0.15) is 0 Å². The van der Waals surface area contributed by atoms with E-state index >= 15 is 0 Å². The van der Waals surface area contributed by atoms with E-state index in [2.05, 4.69) is 26.6 Å². The lowest BCUT2D eigenvalue weighted by Gasteiger charge is -2.06. The zero-order valence-corrected chi connectivity index (χ0v) is 15.5. The van der Waals surface area contributed by atoms with E-state index in [0.717, 1.165) is 16.6 Å². The summed E-state index contributed by atoms with van der Waals surface area (Å²) in [4.78, 5) is 23.5. The first-order valence-electron chi connectivity index (χ1n) is 7.57. The largest absolute Gasteiger partial charge is 0.355 e. The molecule has 0 atom stereocenters. The molecule has 2 rings (SSSR count). The number of anilines is 1. The topological polar surface area (TPSA) is 58.2 Å². The van der Waals surface area contributed by atoms with Crippen LogP contribution in [0.3, 0.4) is 0 Å². The van der Waals surface area contributed by atoms with Gasteiger partial charge in [-0.25, -0.2) is 0 Å². The Morgan fingerprint density at radius 1 is 0.917 bits per heavy atom. The first-order valence-corrected chi connectivity index (χ1v) is 9.52. The number of rotatable bonds is 8. The van der Waals surface area contributed by atoms with Crippen LogP contribution >= 0.6 is 27.7 Å². The van der Waals surface area contributed by atoms with E-state index in [-0.39, 0.29) is 23.3 Å². The molecule has 0 heterocycles. The van der Waals surface area contributed by atoms with Crippen molar-refractivity contribution in [1.29, 1.82) is 0 Å². The van der Waals surface area contributed by atoms with Crippen molar-refractivity contribution in [2.24, 2.45) is 0 Å². The number of carbonyl (C=O) groups is 2. The number of hydrogen-bond donors (Lipinski definition) is 2. The summed E-state index contributed by atoms with van der Waals surface area (Å²) in [6.07, 6.45) is 0.807. The van der Waals surface area contributed by atoms with Gasteiger partial charge in [-0.15, -0.1) is 11.8 Å². The van der Waals surface area contributed by atoms with E-state index in [1.165, 1.54) is 17.3 Å². The Bertz CT molecular complexity index is 662. The molecule has 2 aromatic carbocycles. The van der Waals surface area contributed by atoms with Gasteiger partial charge < -0.3 is 10.6 Å². The van der Waals surface area contributed by atoms with Gasteiger partial charge in [-0.1, -0.05) is 46.3 Å². The van der Waals surface area contributed by atoms with Crippen LogP contribution in [0.2, 0.25) is 0 Å². The third kappa shape index (κ3) is 7.19. The molecular formula is C18H19BrN2O2S. The maximum Gasteiger partial charge on any atom is 0.234 e. The van der Waals surface area contributed by atoms with E-state index in [0.29, 0.717) is 6.54 Å². The minimum Gasteiger partial charge on any atom is -0.355 e. The van der Waals surface area contributed by atoms with Gasteiger partial charge in [0.2, 0.25) is 11.8 Å². The van der Waals surface area contributed by atoms with Crippen LogP contribution in [-0.2, 0) is 16.0 Å². The maximum atomic E-state index is 11.8.